The summed E-state index contributed by atoms with van der Waals surface area (Å²) in [4.78, 5) is 1.86. The van der Waals surface area contributed by atoms with Crippen LogP contribution in [0.5, 0.6) is 0 Å². The Morgan fingerprint density at radius 1 is 1.33 bits per heavy atom. The van der Waals surface area contributed by atoms with Gasteiger partial charge in [-0.1, -0.05) is 6.07 Å². The Bertz CT molecular complexity index is 394. The van der Waals surface area contributed by atoms with Crippen molar-refractivity contribution in [3.05, 3.63) is 29.6 Å². The fourth-order valence-corrected chi connectivity index (χ4v) is 1.71. The van der Waals surface area contributed by atoms with Crippen LogP contribution in [0, 0.1) is 17.1 Å². The molecule has 1 fully saturated rings. The highest BCUT2D eigenvalue weighted by atomic mass is 19.1. The molecule has 0 N–H and O–H groups in total. The molecule has 15 heavy (non-hydrogen) atoms. The summed E-state index contributed by atoms with van der Waals surface area (Å²) in [6.07, 6.45) is 0. The first-order valence-corrected chi connectivity index (χ1v) is 4.84. The summed E-state index contributed by atoms with van der Waals surface area (Å²) in [6, 6.07) is 6.58. The zero-order valence-corrected chi connectivity index (χ0v) is 8.24. The number of rotatable bonds is 1. The van der Waals surface area contributed by atoms with E-state index in [1.54, 1.807) is 12.1 Å². The minimum Gasteiger partial charge on any atom is -0.378 e. The minimum absolute atomic E-state index is 0.337. The molecule has 0 bridgehead atoms. The van der Waals surface area contributed by atoms with Gasteiger partial charge in [0.25, 0.3) is 0 Å². The Morgan fingerprint density at radius 3 is 2.73 bits per heavy atom. The van der Waals surface area contributed by atoms with Crippen LogP contribution in [0.25, 0.3) is 0 Å². The van der Waals surface area contributed by atoms with Gasteiger partial charge in [-0.3, -0.25) is 0 Å². The fraction of sp³-hybridized carbons (Fsp3) is 0.364. The SMILES string of the molecule is N#Cc1cccc(F)c1N1CCOCC1. The van der Waals surface area contributed by atoms with Crippen LogP contribution in [-0.2, 0) is 4.74 Å². The summed E-state index contributed by atoms with van der Waals surface area (Å²) in [7, 11) is 0. The van der Waals surface area contributed by atoms with Crippen molar-refractivity contribution in [2.24, 2.45) is 0 Å². The molecule has 0 saturated carbocycles. The van der Waals surface area contributed by atoms with Crippen LogP contribution in [0.1, 0.15) is 5.56 Å². The molecular formula is C11H11FN2O. The molecule has 1 saturated heterocycles. The van der Waals surface area contributed by atoms with E-state index in [9.17, 15) is 4.39 Å². The van der Waals surface area contributed by atoms with Crippen molar-refractivity contribution in [2.75, 3.05) is 31.2 Å². The van der Waals surface area contributed by atoms with Crippen molar-refractivity contribution >= 4 is 5.69 Å². The van der Waals surface area contributed by atoms with E-state index in [1.807, 2.05) is 11.0 Å². The summed E-state index contributed by atoms with van der Waals surface area (Å²) < 4.78 is 18.8. The molecule has 0 radical (unpaired) electrons. The number of hydrogen-bond acceptors (Lipinski definition) is 3. The van der Waals surface area contributed by atoms with Gasteiger partial charge >= 0.3 is 0 Å². The zero-order valence-electron chi connectivity index (χ0n) is 8.24. The number of benzene rings is 1. The van der Waals surface area contributed by atoms with Crippen molar-refractivity contribution in [2.45, 2.75) is 0 Å². The molecular weight excluding hydrogens is 195 g/mol. The van der Waals surface area contributed by atoms with Crippen LogP contribution >= 0.6 is 0 Å². The molecule has 1 aliphatic rings. The number of hydrogen-bond donors (Lipinski definition) is 0. The highest BCUT2D eigenvalue weighted by molar-refractivity contribution is 5.60. The molecule has 0 aromatic heterocycles. The topological polar surface area (TPSA) is 36.3 Å². The Balaban J connectivity index is 2.37. The molecule has 1 aromatic rings. The van der Waals surface area contributed by atoms with Crippen molar-refractivity contribution in [1.82, 2.24) is 0 Å². The quantitative estimate of drug-likeness (QED) is 0.699. The predicted octanol–water partition coefficient (Wildman–Crippen LogP) is 1.53. The van der Waals surface area contributed by atoms with E-state index in [2.05, 4.69) is 0 Å². The van der Waals surface area contributed by atoms with Crippen LogP contribution in [0.15, 0.2) is 18.2 Å². The van der Waals surface area contributed by atoms with E-state index in [-0.39, 0.29) is 5.82 Å². The van der Waals surface area contributed by atoms with Gasteiger partial charge < -0.3 is 9.64 Å². The van der Waals surface area contributed by atoms with Crippen molar-refractivity contribution < 1.29 is 9.13 Å². The average molecular weight is 206 g/mol. The molecule has 0 aliphatic carbocycles. The van der Waals surface area contributed by atoms with Crippen molar-refractivity contribution in [3.8, 4) is 6.07 Å². The van der Waals surface area contributed by atoms with Crippen LogP contribution in [0.4, 0.5) is 10.1 Å². The molecule has 0 spiro atoms. The van der Waals surface area contributed by atoms with Crippen LogP contribution in [-0.4, -0.2) is 26.3 Å². The number of nitrogens with zero attached hydrogens (tertiary/aromatic N) is 2. The lowest BCUT2D eigenvalue weighted by Crippen LogP contribution is -2.37. The van der Waals surface area contributed by atoms with Gasteiger partial charge in [-0.2, -0.15) is 5.26 Å². The first-order chi connectivity index (χ1) is 7.33. The van der Waals surface area contributed by atoms with Crippen molar-refractivity contribution in [3.63, 3.8) is 0 Å². The highest BCUT2D eigenvalue weighted by Gasteiger charge is 2.18. The third kappa shape index (κ3) is 1.92. The van der Waals surface area contributed by atoms with E-state index < -0.39 is 0 Å². The maximum absolute atomic E-state index is 13.6. The van der Waals surface area contributed by atoms with Gasteiger partial charge in [-0.25, -0.2) is 4.39 Å². The van der Waals surface area contributed by atoms with Crippen LogP contribution in [0.3, 0.4) is 0 Å². The molecule has 1 heterocycles. The maximum atomic E-state index is 13.6. The standard InChI is InChI=1S/C11H11FN2O/c12-10-3-1-2-9(8-13)11(10)14-4-6-15-7-5-14/h1-3H,4-7H2. The van der Waals surface area contributed by atoms with E-state index in [4.69, 9.17) is 10.00 Å². The van der Waals surface area contributed by atoms with Crippen LogP contribution < -0.4 is 4.90 Å². The summed E-state index contributed by atoms with van der Waals surface area (Å²) in [6.45, 7) is 2.43. The predicted molar refractivity (Wildman–Crippen MR) is 54.1 cm³/mol. The second-order valence-corrected chi connectivity index (χ2v) is 3.35. The van der Waals surface area contributed by atoms with E-state index in [0.29, 0.717) is 37.6 Å². The Kier molecular flexibility index (Phi) is 2.84. The number of para-hydroxylation sites is 1. The smallest absolute Gasteiger partial charge is 0.147 e. The van der Waals surface area contributed by atoms with Gasteiger partial charge in [0, 0.05) is 13.1 Å². The lowest BCUT2D eigenvalue weighted by atomic mass is 10.1. The normalized spacial score (nSPS) is 16.1. The molecule has 0 amide bonds. The maximum Gasteiger partial charge on any atom is 0.147 e. The van der Waals surface area contributed by atoms with Crippen molar-refractivity contribution in [1.29, 1.82) is 5.26 Å². The molecule has 1 aliphatic heterocycles. The zero-order chi connectivity index (χ0) is 10.7. The number of nitriles is 1. The second kappa shape index (κ2) is 4.28. The molecule has 2 rings (SSSR count). The average Bonchev–Trinajstić information content (AvgIpc) is 2.29. The summed E-state index contributed by atoms with van der Waals surface area (Å²) in [5.41, 5.74) is 0.792. The number of anilines is 1. The summed E-state index contributed by atoms with van der Waals surface area (Å²) in [5, 5.41) is 8.90. The summed E-state index contributed by atoms with van der Waals surface area (Å²) in [5.74, 6) is -0.337. The first-order valence-electron chi connectivity index (χ1n) is 4.84. The molecule has 1 aromatic carbocycles. The van der Waals surface area contributed by atoms with Gasteiger partial charge in [0.2, 0.25) is 0 Å². The van der Waals surface area contributed by atoms with Gasteiger partial charge in [0.05, 0.1) is 24.5 Å². The van der Waals surface area contributed by atoms with E-state index in [0.717, 1.165) is 0 Å². The largest absolute Gasteiger partial charge is 0.378 e. The second-order valence-electron chi connectivity index (χ2n) is 3.35. The molecule has 3 nitrogen and oxygen atoms in total. The lowest BCUT2D eigenvalue weighted by Gasteiger charge is -2.29. The fourth-order valence-electron chi connectivity index (χ4n) is 1.71. The minimum atomic E-state index is -0.337. The highest BCUT2D eigenvalue weighted by Crippen LogP contribution is 2.24. The number of morpholine rings is 1. The Morgan fingerprint density at radius 2 is 2.07 bits per heavy atom. The molecule has 0 unspecified atom stereocenters. The van der Waals surface area contributed by atoms with Gasteiger partial charge in [-0.15, -0.1) is 0 Å². The Labute approximate surface area is 87.7 Å². The number of ether oxygens (including phenoxy) is 1. The summed E-state index contributed by atoms with van der Waals surface area (Å²) >= 11 is 0. The molecule has 4 heteroatoms. The Hall–Kier alpha value is -1.60. The van der Waals surface area contributed by atoms with Gasteiger partial charge in [-0.05, 0) is 12.1 Å². The monoisotopic (exact) mass is 206 g/mol. The number of halogens is 1. The third-order valence-corrected chi connectivity index (χ3v) is 2.43. The van der Waals surface area contributed by atoms with E-state index >= 15 is 0 Å². The van der Waals surface area contributed by atoms with E-state index in [1.165, 1.54) is 6.07 Å². The first kappa shape index (κ1) is 9.94. The molecule has 78 valence electrons. The van der Waals surface area contributed by atoms with Crippen LogP contribution in [0.2, 0.25) is 0 Å². The van der Waals surface area contributed by atoms with Gasteiger partial charge in [0.15, 0.2) is 0 Å². The third-order valence-electron chi connectivity index (χ3n) is 2.43. The molecule has 0 atom stereocenters. The lowest BCUT2D eigenvalue weighted by molar-refractivity contribution is 0.122. The van der Waals surface area contributed by atoms with Gasteiger partial charge in [0.1, 0.15) is 11.9 Å².